The number of rotatable bonds is 1. The van der Waals surface area contributed by atoms with Gasteiger partial charge in [-0.1, -0.05) is 12.2 Å². The number of aliphatic hydroxyl groups is 1. The van der Waals surface area contributed by atoms with Gasteiger partial charge in [0, 0.05) is 0 Å². The molecule has 1 amide bonds. The minimum Gasteiger partial charge on any atom is -0.376 e. The summed E-state index contributed by atoms with van der Waals surface area (Å²) in [5.74, 6) is 0.146. The molecule has 2 bridgehead atoms. The minimum atomic E-state index is -0.135. The molecule has 0 aromatic rings. The van der Waals surface area contributed by atoms with Crippen LogP contribution in [0.2, 0.25) is 0 Å². The molecule has 10 heavy (non-hydrogen) atoms. The molecule has 1 fully saturated rings. The summed E-state index contributed by atoms with van der Waals surface area (Å²) in [4.78, 5) is 12.6. The molecule has 0 aromatic heterocycles. The van der Waals surface area contributed by atoms with Crippen LogP contribution >= 0.6 is 0 Å². The Kier molecular flexibility index (Phi) is 1.08. The van der Waals surface area contributed by atoms with Crippen LogP contribution in [-0.2, 0) is 4.79 Å². The summed E-state index contributed by atoms with van der Waals surface area (Å²) in [6.07, 6.45) is 4.79. The Morgan fingerprint density at radius 2 is 2.50 bits per heavy atom. The SMILES string of the molecule is O=C1[C@@H]2C=C[C@@H](C2)N1CO. The molecule has 2 atom stereocenters. The fourth-order valence-corrected chi connectivity index (χ4v) is 1.64. The molecule has 1 aliphatic heterocycles. The summed E-state index contributed by atoms with van der Waals surface area (Å²) in [5, 5.41) is 8.73. The number of fused-ring (bicyclic) bond motifs is 2. The summed E-state index contributed by atoms with van der Waals surface area (Å²) in [5.41, 5.74) is 0. The highest BCUT2D eigenvalue weighted by molar-refractivity contribution is 5.85. The second kappa shape index (κ2) is 1.83. The lowest BCUT2D eigenvalue weighted by atomic mass is 10.1. The van der Waals surface area contributed by atoms with Crippen molar-refractivity contribution in [2.45, 2.75) is 12.5 Å². The van der Waals surface area contributed by atoms with Crippen LogP contribution in [-0.4, -0.2) is 28.7 Å². The van der Waals surface area contributed by atoms with Crippen LogP contribution in [0.5, 0.6) is 0 Å². The molecule has 1 saturated heterocycles. The van der Waals surface area contributed by atoms with Gasteiger partial charge in [-0.2, -0.15) is 0 Å². The van der Waals surface area contributed by atoms with E-state index >= 15 is 0 Å². The van der Waals surface area contributed by atoms with Gasteiger partial charge in [0.2, 0.25) is 5.91 Å². The van der Waals surface area contributed by atoms with Gasteiger partial charge >= 0.3 is 0 Å². The Bertz CT molecular complexity index is 200. The molecule has 54 valence electrons. The molecule has 0 spiro atoms. The standard InChI is InChI=1S/C7H9NO2/c9-4-8-6-2-1-5(3-6)7(8)10/h1-2,5-6,9H,3-4H2/t5-,6+/m1/s1. The second-order valence-corrected chi connectivity index (χ2v) is 2.74. The number of aliphatic hydroxyl groups excluding tert-OH is 1. The van der Waals surface area contributed by atoms with Gasteiger partial charge in [-0.3, -0.25) is 4.79 Å². The third-order valence-corrected chi connectivity index (χ3v) is 2.21. The predicted octanol–water partition coefficient (Wildman–Crippen LogP) is -0.277. The van der Waals surface area contributed by atoms with E-state index in [9.17, 15) is 4.79 Å². The topological polar surface area (TPSA) is 40.5 Å². The molecule has 2 aliphatic rings. The van der Waals surface area contributed by atoms with E-state index in [4.69, 9.17) is 5.11 Å². The van der Waals surface area contributed by atoms with Crippen LogP contribution in [0.4, 0.5) is 0 Å². The molecular weight excluding hydrogens is 130 g/mol. The normalized spacial score (nSPS) is 36.1. The van der Waals surface area contributed by atoms with Gasteiger partial charge in [0.25, 0.3) is 0 Å². The van der Waals surface area contributed by atoms with Gasteiger partial charge in [0.15, 0.2) is 0 Å². The number of carbonyl (C=O) groups is 1. The first kappa shape index (κ1) is 5.92. The van der Waals surface area contributed by atoms with E-state index in [-0.39, 0.29) is 24.6 Å². The lowest BCUT2D eigenvalue weighted by molar-refractivity contribution is -0.134. The maximum Gasteiger partial charge on any atom is 0.231 e. The molecule has 2 rings (SSSR count). The zero-order valence-corrected chi connectivity index (χ0v) is 5.53. The van der Waals surface area contributed by atoms with Crippen molar-refractivity contribution < 1.29 is 9.90 Å². The van der Waals surface area contributed by atoms with Gasteiger partial charge < -0.3 is 10.0 Å². The van der Waals surface area contributed by atoms with Gasteiger partial charge in [0.05, 0.1) is 12.0 Å². The zero-order chi connectivity index (χ0) is 7.14. The van der Waals surface area contributed by atoms with E-state index in [1.807, 2.05) is 12.2 Å². The molecular formula is C7H9NO2. The first-order valence-electron chi connectivity index (χ1n) is 3.42. The Labute approximate surface area is 58.9 Å². The van der Waals surface area contributed by atoms with Crippen LogP contribution < -0.4 is 0 Å². The third kappa shape index (κ3) is 0.555. The summed E-state index contributed by atoms with van der Waals surface area (Å²) in [7, 11) is 0. The van der Waals surface area contributed by atoms with Gasteiger partial charge in [0.1, 0.15) is 6.73 Å². The quantitative estimate of drug-likeness (QED) is 0.508. The summed E-state index contributed by atoms with van der Waals surface area (Å²) in [6, 6.07) is 0.183. The Morgan fingerprint density at radius 3 is 2.90 bits per heavy atom. The summed E-state index contributed by atoms with van der Waals surface area (Å²) >= 11 is 0. The Hall–Kier alpha value is -0.830. The van der Waals surface area contributed by atoms with Crippen molar-refractivity contribution in [1.82, 2.24) is 4.90 Å². The lowest BCUT2D eigenvalue weighted by Gasteiger charge is -2.20. The summed E-state index contributed by atoms with van der Waals surface area (Å²) in [6.45, 7) is -0.135. The van der Waals surface area contributed by atoms with Crippen molar-refractivity contribution in [3.63, 3.8) is 0 Å². The number of likely N-dealkylation sites (tertiary alicyclic amines) is 1. The van der Waals surface area contributed by atoms with Crippen LogP contribution in [0.25, 0.3) is 0 Å². The lowest BCUT2D eigenvalue weighted by Crippen LogP contribution is -2.35. The fraction of sp³-hybridized carbons (Fsp3) is 0.571. The molecule has 1 heterocycles. The predicted molar refractivity (Wildman–Crippen MR) is 35.0 cm³/mol. The minimum absolute atomic E-state index is 0.0668. The molecule has 0 unspecified atom stereocenters. The first-order valence-corrected chi connectivity index (χ1v) is 3.42. The van der Waals surface area contributed by atoms with E-state index < -0.39 is 0 Å². The monoisotopic (exact) mass is 139 g/mol. The Morgan fingerprint density at radius 1 is 1.70 bits per heavy atom. The van der Waals surface area contributed by atoms with Crippen molar-refractivity contribution in [2.75, 3.05) is 6.73 Å². The number of hydrogen-bond acceptors (Lipinski definition) is 2. The largest absolute Gasteiger partial charge is 0.376 e. The molecule has 0 aromatic carbocycles. The highest BCUT2D eigenvalue weighted by Crippen LogP contribution is 2.31. The molecule has 1 aliphatic carbocycles. The average Bonchev–Trinajstić information content (AvgIpc) is 2.46. The smallest absolute Gasteiger partial charge is 0.231 e. The van der Waals surface area contributed by atoms with E-state index in [1.54, 1.807) is 0 Å². The van der Waals surface area contributed by atoms with Crippen LogP contribution in [0.1, 0.15) is 6.42 Å². The second-order valence-electron chi connectivity index (χ2n) is 2.74. The van der Waals surface area contributed by atoms with E-state index in [0.717, 1.165) is 6.42 Å². The number of nitrogens with zero attached hydrogens (tertiary/aromatic N) is 1. The summed E-state index contributed by atoms with van der Waals surface area (Å²) < 4.78 is 0. The maximum atomic E-state index is 11.1. The van der Waals surface area contributed by atoms with Gasteiger partial charge in [-0.25, -0.2) is 0 Å². The van der Waals surface area contributed by atoms with Crippen LogP contribution in [0.15, 0.2) is 12.2 Å². The van der Waals surface area contributed by atoms with Crippen molar-refractivity contribution in [3.8, 4) is 0 Å². The molecule has 3 heteroatoms. The highest BCUT2D eigenvalue weighted by atomic mass is 16.3. The van der Waals surface area contributed by atoms with Crippen molar-refractivity contribution >= 4 is 5.91 Å². The van der Waals surface area contributed by atoms with Crippen molar-refractivity contribution in [2.24, 2.45) is 5.92 Å². The number of carbonyl (C=O) groups excluding carboxylic acids is 1. The number of hydrogen-bond donors (Lipinski definition) is 1. The molecule has 0 saturated carbocycles. The highest BCUT2D eigenvalue weighted by Gasteiger charge is 2.40. The third-order valence-electron chi connectivity index (χ3n) is 2.21. The van der Waals surface area contributed by atoms with E-state index in [1.165, 1.54) is 4.90 Å². The molecule has 3 nitrogen and oxygen atoms in total. The molecule has 1 N–H and O–H groups in total. The zero-order valence-electron chi connectivity index (χ0n) is 5.53. The molecule has 0 radical (unpaired) electrons. The van der Waals surface area contributed by atoms with Crippen molar-refractivity contribution in [1.29, 1.82) is 0 Å². The maximum absolute atomic E-state index is 11.1. The Balaban J connectivity index is 2.26. The van der Waals surface area contributed by atoms with Crippen molar-refractivity contribution in [3.05, 3.63) is 12.2 Å². The van der Waals surface area contributed by atoms with E-state index in [2.05, 4.69) is 0 Å². The fourth-order valence-electron chi connectivity index (χ4n) is 1.64. The number of amides is 1. The van der Waals surface area contributed by atoms with Crippen LogP contribution in [0, 0.1) is 5.92 Å². The van der Waals surface area contributed by atoms with Crippen LogP contribution in [0.3, 0.4) is 0 Å². The van der Waals surface area contributed by atoms with Gasteiger partial charge in [-0.05, 0) is 6.42 Å². The van der Waals surface area contributed by atoms with E-state index in [0.29, 0.717) is 0 Å². The van der Waals surface area contributed by atoms with Gasteiger partial charge in [-0.15, -0.1) is 0 Å². The first-order chi connectivity index (χ1) is 4.83. The average molecular weight is 139 g/mol.